The van der Waals surface area contributed by atoms with Gasteiger partial charge in [0.15, 0.2) is 0 Å². The largest absolute Gasteiger partial charge is 0.481 e. The molecule has 0 spiro atoms. The van der Waals surface area contributed by atoms with Crippen LogP contribution in [0.3, 0.4) is 0 Å². The average molecular weight is 400 g/mol. The predicted molar refractivity (Wildman–Crippen MR) is 68.9 cm³/mol. The first-order valence-electron chi connectivity index (χ1n) is 5.82. The number of hydrogen-bond donors (Lipinski definition) is 2. The smallest absolute Gasteiger partial charge is 0.417 e. The molecule has 24 heavy (non-hydrogen) atoms. The van der Waals surface area contributed by atoms with E-state index in [1.54, 1.807) is 0 Å². The highest BCUT2D eigenvalue weighted by atomic mass is 35.5. The Hall–Kier alpha value is -1.53. The molecule has 0 aromatic heterocycles. The second-order valence-corrected chi connectivity index (χ2v) is 6.57. The molecule has 0 bridgehead atoms. The Morgan fingerprint density at radius 2 is 1.75 bits per heavy atom. The van der Waals surface area contributed by atoms with Crippen molar-refractivity contribution in [2.24, 2.45) is 0 Å². The van der Waals surface area contributed by atoms with Crippen LogP contribution >= 0.6 is 11.6 Å². The summed E-state index contributed by atoms with van der Waals surface area (Å²) in [5.41, 5.74) is -1.56. The van der Waals surface area contributed by atoms with E-state index < -0.39 is 56.3 Å². The molecule has 0 aliphatic carbocycles. The molecule has 1 aromatic carbocycles. The molecule has 0 fully saturated rings. The first kappa shape index (κ1) is 20.5. The number of carboxylic acids is 1. The quantitative estimate of drug-likeness (QED) is 0.745. The van der Waals surface area contributed by atoms with Crippen molar-refractivity contribution in [2.75, 3.05) is 0 Å². The summed E-state index contributed by atoms with van der Waals surface area (Å²) in [5.74, 6) is -1.95. The van der Waals surface area contributed by atoms with Crippen molar-refractivity contribution in [1.82, 2.24) is 4.72 Å². The van der Waals surface area contributed by atoms with Crippen LogP contribution in [0.2, 0.25) is 5.02 Å². The number of hydrogen-bond acceptors (Lipinski definition) is 3. The number of halogens is 7. The van der Waals surface area contributed by atoms with Crippen LogP contribution in [0.15, 0.2) is 23.1 Å². The fourth-order valence-corrected chi connectivity index (χ4v) is 3.02. The number of benzene rings is 1. The minimum Gasteiger partial charge on any atom is -0.481 e. The van der Waals surface area contributed by atoms with Gasteiger partial charge in [0.25, 0.3) is 0 Å². The first-order valence-corrected chi connectivity index (χ1v) is 7.68. The van der Waals surface area contributed by atoms with E-state index in [2.05, 4.69) is 0 Å². The number of carbonyl (C=O) groups is 1. The van der Waals surface area contributed by atoms with Gasteiger partial charge in [-0.15, -0.1) is 0 Å². The van der Waals surface area contributed by atoms with E-state index in [-0.39, 0.29) is 6.07 Å². The molecule has 0 aliphatic rings. The molecule has 1 rings (SSSR count). The fourth-order valence-electron chi connectivity index (χ4n) is 1.54. The lowest BCUT2D eigenvalue weighted by molar-refractivity contribution is -0.163. The number of aliphatic carboxylic acids is 1. The molecular weight excluding hydrogens is 392 g/mol. The van der Waals surface area contributed by atoms with Gasteiger partial charge >= 0.3 is 18.3 Å². The number of nitrogens with one attached hydrogen (secondary N) is 1. The van der Waals surface area contributed by atoms with Crippen molar-refractivity contribution in [3.63, 3.8) is 0 Å². The Bertz CT molecular complexity index is 731. The molecule has 1 aromatic rings. The highest BCUT2D eigenvalue weighted by molar-refractivity contribution is 7.89. The van der Waals surface area contributed by atoms with Crippen molar-refractivity contribution in [1.29, 1.82) is 0 Å². The highest BCUT2D eigenvalue weighted by Gasteiger charge is 2.44. The van der Waals surface area contributed by atoms with Gasteiger partial charge in [-0.3, -0.25) is 4.79 Å². The molecule has 0 saturated heterocycles. The van der Waals surface area contributed by atoms with Crippen molar-refractivity contribution in [2.45, 2.75) is 29.7 Å². The number of rotatable bonds is 5. The van der Waals surface area contributed by atoms with Gasteiger partial charge in [-0.25, -0.2) is 8.42 Å². The van der Waals surface area contributed by atoms with Gasteiger partial charge in [0.1, 0.15) is 6.04 Å². The van der Waals surface area contributed by atoms with Gasteiger partial charge < -0.3 is 5.11 Å². The Labute approximate surface area is 136 Å². The summed E-state index contributed by atoms with van der Waals surface area (Å²) in [4.78, 5) is 9.27. The van der Waals surface area contributed by atoms with Gasteiger partial charge in [-0.1, -0.05) is 11.6 Å². The third-order valence-electron chi connectivity index (χ3n) is 2.62. The summed E-state index contributed by atoms with van der Waals surface area (Å²) in [5, 5.41) is 7.55. The molecule has 2 N–H and O–H groups in total. The molecule has 0 radical (unpaired) electrons. The van der Waals surface area contributed by atoms with Gasteiger partial charge in [0.2, 0.25) is 10.0 Å². The van der Waals surface area contributed by atoms with Gasteiger partial charge in [0.05, 0.1) is 21.9 Å². The van der Waals surface area contributed by atoms with E-state index in [1.807, 2.05) is 0 Å². The summed E-state index contributed by atoms with van der Waals surface area (Å²) >= 11 is 5.29. The Morgan fingerprint density at radius 3 is 2.17 bits per heavy atom. The molecule has 0 unspecified atom stereocenters. The minimum atomic E-state index is -5.26. The molecule has 1 atom stereocenters. The first-order chi connectivity index (χ1) is 10.6. The highest BCUT2D eigenvalue weighted by Crippen LogP contribution is 2.36. The van der Waals surface area contributed by atoms with E-state index in [9.17, 15) is 39.6 Å². The van der Waals surface area contributed by atoms with Crippen LogP contribution in [0.25, 0.3) is 0 Å². The maximum Gasteiger partial charge on any atom is 0.417 e. The van der Waals surface area contributed by atoms with E-state index >= 15 is 0 Å². The summed E-state index contributed by atoms with van der Waals surface area (Å²) in [6, 6.07) is -1.84. The molecule has 0 saturated carbocycles. The minimum absolute atomic E-state index is 0.0544. The van der Waals surface area contributed by atoms with Crippen molar-refractivity contribution >= 4 is 27.6 Å². The van der Waals surface area contributed by atoms with E-state index in [4.69, 9.17) is 16.7 Å². The number of sulfonamides is 1. The molecule has 13 heteroatoms. The summed E-state index contributed by atoms with van der Waals surface area (Å²) in [6.07, 6.45) is -11.9. The standard InChI is InChI=1S/C11H8ClF6NO4S/c12-7-2-1-5(3-6(7)10(13,14)15)24(22,23)19-8(4-9(20)21)11(16,17)18/h1-3,8,19H,4H2,(H,20,21)/t8-/m1/s1. The zero-order valence-corrected chi connectivity index (χ0v) is 12.8. The fraction of sp³-hybridized carbons (Fsp3) is 0.364. The van der Waals surface area contributed by atoms with Crippen LogP contribution in [0.4, 0.5) is 26.3 Å². The molecule has 0 amide bonds. The van der Waals surface area contributed by atoms with Crippen molar-refractivity contribution in [3.05, 3.63) is 28.8 Å². The summed E-state index contributed by atoms with van der Waals surface area (Å²) in [7, 11) is -5.08. The summed E-state index contributed by atoms with van der Waals surface area (Å²) in [6.45, 7) is 0. The van der Waals surface area contributed by atoms with E-state index in [0.717, 1.165) is 4.72 Å². The van der Waals surface area contributed by atoms with Crippen molar-refractivity contribution < 1.29 is 44.7 Å². The molecular formula is C11H8ClF6NO4S. The third kappa shape index (κ3) is 5.24. The Morgan fingerprint density at radius 1 is 1.21 bits per heavy atom. The normalized spacial score (nSPS) is 14.5. The zero-order chi connectivity index (χ0) is 18.9. The molecule has 5 nitrogen and oxygen atoms in total. The zero-order valence-electron chi connectivity index (χ0n) is 11.2. The van der Waals surface area contributed by atoms with Crippen LogP contribution in [-0.4, -0.2) is 31.7 Å². The van der Waals surface area contributed by atoms with Crippen LogP contribution < -0.4 is 4.72 Å². The maximum absolute atomic E-state index is 12.7. The lowest BCUT2D eigenvalue weighted by Gasteiger charge is -2.20. The maximum atomic E-state index is 12.7. The number of carboxylic acid groups (broad SMARTS) is 1. The monoisotopic (exact) mass is 399 g/mol. The van der Waals surface area contributed by atoms with E-state index in [1.165, 1.54) is 0 Å². The Kier molecular flexibility index (Phi) is 5.78. The summed E-state index contributed by atoms with van der Waals surface area (Å²) < 4.78 is 101. The SMILES string of the molecule is O=C(O)C[C@@H](NS(=O)(=O)c1ccc(Cl)c(C(F)(F)F)c1)C(F)(F)F. The topological polar surface area (TPSA) is 83.5 Å². The lowest BCUT2D eigenvalue weighted by Crippen LogP contribution is -2.46. The van der Waals surface area contributed by atoms with Gasteiger partial charge in [0, 0.05) is 0 Å². The van der Waals surface area contributed by atoms with Gasteiger partial charge in [-0.2, -0.15) is 31.1 Å². The van der Waals surface area contributed by atoms with Crippen molar-refractivity contribution in [3.8, 4) is 0 Å². The molecule has 136 valence electrons. The third-order valence-corrected chi connectivity index (χ3v) is 4.42. The van der Waals surface area contributed by atoms with Crippen LogP contribution in [0, 0.1) is 0 Å². The van der Waals surface area contributed by atoms with Crippen LogP contribution in [0.1, 0.15) is 12.0 Å². The lowest BCUT2D eigenvalue weighted by atomic mass is 10.2. The molecule has 0 aliphatic heterocycles. The van der Waals surface area contributed by atoms with Crippen LogP contribution in [0.5, 0.6) is 0 Å². The Balaban J connectivity index is 3.27. The van der Waals surface area contributed by atoms with Crippen LogP contribution in [-0.2, 0) is 21.0 Å². The second-order valence-electron chi connectivity index (χ2n) is 4.45. The second kappa shape index (κ2) is 6.76. The number of alkyl halides is 6. The molecule has 0 heterocycles. The predicted octanol–water partition coefficient (Wildman–Crippen LogP) is 3.04. The van der Waals surface area contributed by atoms with Gasteiger partial charge in [-0.05, 0) is 18.2 Å². The average Bonchev–Trinajstić information content (AvgIpc) is 2.34. The van der Waals surface area contributed by atoms with E-state index in [0.29, 0.717) is 12.1 Å².